The predicted octanol–water partition coefficient (Wildman–Crippen LogP) is 2.76. The number of nitrogens with zero attached hydrogens (tertiary/aromatic N) is 1. The Hall–Kier alpha value is -1.88. The maximum absolute atomic E-state index is 12.1. The Morgan fingerprint density at radius 1 is 1.17 bits per heavy atom. The SMILES string of the molecule is CCC(C)C(N)C(=O)Nc1ccc(CN(C(C)=O)C(C)C)cc1. The van der Waals surface area contributed by atoms with Crippen molar-refractivity contribution < 1.29 is 9.59 Å². The summed E-state index contributed by atoms with van der Waals surface area (Å²) in [5.41, 5.74) is 7.67. The number of hydrogen-bond donors (Lipinski definition) is 2. The van der Waals surface area contributed by atoms with E-state index < -0.39 is 6.04 Å². The highest BCUT2D eigenvalue weighted by Gasteiger charge is 2.19. The van der Waals surface area contributed by atoms with Gasteiger partial charge in [-0.25, -0.2) is 0 Å². The van der Waals surface area contributed by atoms with Crippen molar-refractivity contribution in [1.82, 2.24) is 4.90 Å². The summed E-state index contributed by atoms with van der Waals surface area (Å²) in [4.78, 5) is 25.5. The molecule has 5 heteroatoms. The smallest absolute Gasteiger partial charge is 0.241 e. The first-order valence-corrected chi connectivity index (χ1v) is 8.18. The van der Waals surface area contributed by atoms with Crippen molar-refractivity contribution in [2.45, 2.75) is 59.7 Å². The van der Waals surface area contributed by atoms with Crippen LogP contribution < -0.4 is 11.1 Å². The molecule has 2 amide bonds. The Balaban J connectivity index is 2.70. The summed E-state index contributed by atoms with van der Waals surface area (Å²) in [6.07, 6.45) is 0.865. The van der Waals surface area contributed by atoms with Gasteiger partial charge in [-0.1, -0.05) is 32.4 Å². The highest BCUT2D eigenvalue weighted by Crippen LogP contribution is 2.14. The van der Waals surface area contributed by atoms with Crippen LogP contribution in [0.15, 0.2) is 24.3 Å². The average Bonchev–Trinajstić information content (AvgIpc) is 2.51. The number of amides is 2. The van der Waals surface area contributed by atoms with Crippen molar-refractivity contribution in [3.63, 3.8) is 0 Å². The maximum Gasteiger partial charge on any atom is 0.241 e. The van der Waals surface area contributed by atoms with E-state index in [4.69, 9.17) is 5.73 Å². The molecule has 5 nitrogen and oxygen atoms in total. The van der Waals surface area contributed by atoms with E-state index in [9.17, 15) is 9.59 Å². The zero-order valence-corrected chi connectivity index (χ0v) is 14.8. The van der Waals surface area contributed by atoms with E-state index in [1.165, 1.54) is 0 Å². The third-order valence-corrected chi connectivity index (χ3v) is 4.16. The van der Waals surface area contributed by atoms with Crippen LogP contribution in [0.1, 0.15) is 46.6 Å². The van der Waals surface area contributed by atoms with Gasteiger partial charge in [0.15, 0.2) is 0 Å². The van der Waals surface area contributed by atoms with Crippen LogP contribution in [0.5, 0.6) is 0 Å². The number of carbonyl (C=O) groups is 2. The van der Waals surface area contributed by atoms with Crippen LogP contribution in [0.25, 0.3) is 0 Å². The molecule has 2 atom stereocenters. The number of anilines is 1. The lowest BCUT2D eigenvalue weighted by Gasteiger charge is -2.25. The monoisotopic (exact) mass is 319 g/mol. The van der Waals surface area contributed by atoms with Crippen molar-refractivity contribution in [2.75, 3.05) is 5.32 Å². The van der Waals surface area contributed by atoms with Crippen LogP contribution in [0, 0.1) is 5.92 Å². The molecule has 2 unspecified atom stereocenters. The minimum Gasteiger partial charge on any atom is -0.336 e. The lowest BCUT2D eigenvalue weighted by molar-refractivity contribution is -0.131. The van der Waals surface area contributed by atoms with Gasteiger partial charge in [-0.2, -0.15) is 0 Å². The summed E-state index contributed by atoms with van der Waals surface area (Å²) in [6, 6.07) is 7.17. The number of nitrogens with two attached hydrogens (primary N) is 1. The number of hydrogen-bond acceptors (Lipinski definition) is 3. The van der Waals surface area contributed by atoms with Gasteiger partial charge in [-0.3, -0.25) is 9.59 Å². The van der Waals surface area contributed by atoms with Gasteiger partial charge in [0.1, 0.15) is 0 Å². The Morgan fingerprint density at radius 2 is 1.74 bits per heavy atom. The molecule has 0 aromatic heterocycles. The van der Waals surface area contributed by atoms with Crippen LogP contribution in [0.3, 0.4) is 0 Å². The fraction of sp³-hybridized carbons (Fsp3) is 0.556. The molecule has 23 heavy (non-hydrogen) atoms. The van der Waals surface area contributed by atoms with Crippen molar-refractivity contribution in [1.29, 1.82) is 0 Å². The Morgan fingerprint density at radius 3 is 2.17 bits per heavy atom. The summed E-state index contributed by atoms with van der Waals surface area (Å²) in [7, 11) is 0. The first-order chi connectivity index (χ1) is 10.8. The first kappa shape index (κ1) is 19.2. The van der Waals surface area contributed by atoms with Crippen LogP contribution in [0.2, 0.25) is 0 Å². The molecule has 0 bridgehead atoms. The molecule has 0 aliphatic rings. The molecular weight excluding hydrogens is 290 g/mol. The molecule has 0 radical (unpaired) electrons. The summed E-state index contributed by atoms with van der Waals surface area (Å²) < 4.78 is 0. The quantitative estimate of drug-likeness (QED) is 0.811. The largest absolute Gasteiger partial charge is 0.336 e. The molecule has 0 saturated heterocycles. The molecule has 3 N–H and O–H groups in total. The summed E-state index contributed by atoms with van der Waals surface area (Å²) in [6.45, 7) is 10.1. The standard InChI is InChI=1S/C18H29N3O2/c1-6-13(4)17(19)18(23)20-16-9-7-15(8-10-16)11-21(12(2)3)14(5)22/h7-10,12-13,17H,6,11,19H2,1-5H3,(H,20,23). The molecule has 0 aliphatic carbocycles. The van der Waals surface area contributed by atoms with E-state index in [0.717, 1.165) is 17.7 Å². The van der Waals surface area contributed by atoms with E-state index in [0.29, 0.717) is 6.54 Å². The summed E-state index contributed by atoms with van der Waals surface area (Å²) in [5.74, 6) is 0.0287. The number of benzene rings is 1. The lowest BCUT2D eigenvalue weighted by atomic mass is 9.99. The average molecular weight is 319 g/mol. The maximum atomic E-state index is 12.1. The Kier molecular flexibility index (Phi) is 7.23. The highest BCUT2D eigenvalue weighted by atomic mass is 16.2. The van der Waals surface area contributed by atoms with Gasteiger partial charge in [0, 0.05) is 25.2 Å². The molecule has 1 aromatic carbocycles. The summed E-state index contributed by atoms with van der Waals surface area (Å²) in [5, 5.41) is 2.84. The van der Waals surface area contributed by atoms with Gasteiger partial charge in [0.2, 0.25) is 11.8 Å². The summed E-state index contributed by atoms with van der Waals surface area (Å²) >= 11 is 0. The molecule has 0 fully saturated rings. The predicted molar refractivity (Wildman–Crippen MR) is 93.9 cm³/mol. The van der Waals surface area contributed by atoms with Crippen LogP contribution in [0.4, 0.5) is 5.69 Å². The van der Waals surface area contributed by atoms with Gasteiger partial charge >= 0.3 is 0 Å². The molecule has 1 rings (SSSR count). The molecule has 0 heterocycles. The second-order valence-electron chi connectivity index (χ2n) is 6.34. The molecule has 0 aliphatic heterocycles. The fourth-order valence-electron chi connectivity index (χ4n) is 2.29. The molecule has 0 spiro atoms. The fourth-order valence-corrected chi connectivity index (χ4v) is 2.29. The minimum atomic E-state index is -0.506. The topological polar surface area (TPSA) is 75.4 Å². The van der Waals surface area contributed by atoms with Crippen LogP contribution in [-0.4, -0.2) is 28.8 Å². The molecule has 128 valence electrons. The van der Waals surface area contributed by atoms with Crippen LogP contribution in [-0.2, 0) is 16.1 Å². The third-order valence-electron chi connectivity index (χ3n) is 4.16. The van der Waals surface area contributed by atoms with Crippen molar-refractivity contribution in [3.8, 4) is 0 Å². The van der Waals surface area contributed by atoms with E-state index in [2.05, 4.69) is 5.32 Å². The normalized spacial score (nSPS) is 13.5. The Labute approximate surface area is 139 Å². The number of carbonyl (C=O) groups excluding carboxylic acids is 2. The molecular formula is C18H29N3O2. The molecule has 1 aromatic rings. The van der Waals surface area contributed by atoms with Gasteiger partial charge in [0.25, 0.3) is 0 Å². The third kappa shape index (κ3) is 5.67. The van der Waals surface area contributed by atoms with Crippen molar-refractivity contribution in [2.24, 2.45) is 11.7 Å². The highest BCUT2D eigenvalue weighted by molar-refractivity contribution is 5.94. The van der Waals surface area contributed by atoms with Gasteiger partial charge in [-0.15, -0.1) is 0 Å². The van der Waals surface area contributed by atoms with Gasteiger partial charge in [0.05, 0.1) is 6.04 Å². The number of rotatable bonds is 7. The van der Waals surface area contributed by atoms with Gasteiger partial charge < -0.3 is 16.0 Å². The second kappa shape index (κ2) is 8.67. The Bertz CT molecular complexity index is 526. The number of nitrogens with one attached hydrogen (secondary N) is 1. The zero-order chi connectivity index (χ0) is 17.6. The van der Waals surface area contributed by atoms with Crippen molar-refractivity contribution in [3.05, 3.63) is 29.8 Å². The molecule has 0 saturated carbocycles. The lowest BCUT2D eigenvalue weighted by Crippen LogP contribution is -2.40. The zero-order valence-electron chi connectivity index (χ0n) is 14.8. The van der Waals surface area contributed by atoms with Gasteiger partial charge in [-0.05, 0) is 37.5 Å². The minimum absolute atomic E-state index is 0.0527. The first-order valence-electron chi connectivity index (χ1n) is 8.18. The van der Waals surface area contributed by atoms with Crippen LogP contribution >= 0.6 is 0 Å². The van der Waals surface area contributed by atoms with E-state index in [1.54, 1.807) is 11.8 Å². The van der Waals surface area contributed by atoms with E-state index >= 15 is 0 Å². The van der Waals surface area contributed by atoms with Crippen molar-refractivity contribution >= 4 is 17.5 Å². The second-order valence-corrected chi connectivity index (χ2v) is 6.34. The van der Waals surface area contributed by atoms with E-state index in [1.807, 2.05) is 52.0 Å². The van der Waals surface area contributed by atoms with E-state index in [-0.39, 0.29) is 23.8 Å².